The maximum atomic E-state index is 5.99. The molecule has 22 heavy (non-hydrogen) atoms. The Hall–Kier alpha value is -1.32. The Morgan fingerprint density at radius 1 is 1.32 bits per heavy atom. The van der Waals surface area contributed by atoms with Gasteiger partial charge in [-0.05, 0) is 37.4 Å². The molecule has 1 saturated carbocycles. The molecule has 3 heteroatoms. The Kier molecular flexibility index (Phi) is 3.50. The average Bonchev–Trinajstić information content (AvgIpc) is 2.95. The van der Waals surface area contributed by atoms with Crippen LogP contribution < -0.4 is 5.32 Å². The zero-order chi connectivity index (χ0) is 15.2. The van der Waals surface area contributed by atoms with Crippen LogP contribution in [-0.2, 0) is 11.2 Å². The lowest BCUT2D eigenvalue weighted by Crippen LogP contribution is -2.69. The summed E-state index contributed by atoms with van der Waals surface area (Å²) in [5.41, 5.74) is 2.92. The molecule has 1 saturated heterocycles. The first kappa shape index (κ1) is 14.3. The lowest BCUT2D eigenvalue weighted by atomic mass is 9.55. The number of nitrogens with one attached hydrogen (secondary N) is 2. The average molecular weight is 298 g/mol. The molecular weight excluding hydrogens is 272 g/mol. The minimum absolute atomic E-state index is 0.269. The molecule has 2 N–H and O–H groups in total. The summed E-state index contributed by atoms with van der Waals surface area (Å²) in [7, 11) is 0. The standard InChI is InChI=1S/C19H26N2O/c1-19(2)17(15-7-5-11-22-18(15)19)20-10-9-13-12-21-16-8-4-3-6-14(13)16/h3-4,6,8,12,15,17-18,20-21H,5,7,9-11H2,1-2H3/t15-,17+,18+/m0/s1. The molecule has 0 spiro atoms. The summed E-state index contributed by atoms with van der Waals surface area (Å²) in [5.74, 6) is 0.715. The molecule has 1 aromatic heterocycles. The van der Waals surface area contributed by atoms with E-state index in [1.807, 2.05) is 0 Å². The topological polar surface area (TPSA) is 37.0 Å². The highest BCUT2D eigenvalue weighted by atomic mass is 16.5. The van der Waals surface area contributed by atoms with Gasteiger partial charge in [-0.25, -0.2) is 0 Å². The van der Waals surface area contributed by atoms with Gasteiger partial charge >= 0.3 is 0 Å². The first-order chi connectivity index (χ1) is 10.7. The van der Waals surface area contributed by atoms with Gasteiger partial charge in [0, 0.05) is 41.1 Å². The van der Waals surface area contributed by atoms with E-state index in [9.17, 15) is 0 Å². The molecule has 2 aliphatic rings. The second kappa shape index (κ2) is 5.39. The smallest absolute Gasteiger partial charge is 0.0684 e. The van der Waals surface area contributed by atoms with Gasteiger partial charge in [0.1, 0.15) is 0 Å². The molecule has 0 radical (unpaired) electrons. The molecule has 4 rings (SSSR count). The third kappa shape index (κ3) is 2.19. The van der Waals surface area contributed by atoms with Crippen molar-refractivity contribution in [2.24, 2.45) is 11.3 Å². The van der Waals surface area contributed by atoms with Crippen molar-refractivity contribution < 1.29 is 4.74 Å². The van der Waals surface area contributed by atoms with E-state index in [4.69, 9.17) is 4.74 Å². The number of aromatic nitrogens is 1. The van der Waals surface area contributed by atoms with Crippen LogP contribution in [0.4, 0.5) is 0 Å². The van der Waals surface area contributed by atoms with Crippen LogP contribution >= 0.6 is 0 Å². The maximum absolute atomic E-state index is 5.99. The Balaban J connectivity index is 1.39. The molecule has 3 nitrogen and oxygen atoms in total. The van der Waals surface area contributed by atoms with Crippen molar-refractivity contribution in [1.29, 1.82) is 0 Å². The van der Waals surface area contributed by atoms with E-state index in [2.05, 4.69) is 54.6 Å². The summed E-state index contributed by atoms with van der Waals surface area (Å²) in [6.07, 6.45) is 6.24. The Labute approximate surface area is 132 Å². The van der Waals surface area contributed by atoms with E-state index < -0.39 is 0 Å². The van der Waals surface area contributed by atoms with Crippen molar-refractivity contribution in [3.05, 3.63) is 36.0 Å². The van der Waals surface area contributed by atoms with E-state index in [0.29, 0.717) is 18.1 Å². The fourth-order valence-corrected chi connectivity index (χ4v) is 4.64. The lowest BCUT2D eigenvalue weighted by molar-refractivity contribution is -0.192. The third-order valence-electron chi connectivity index (χ3n) is 5.76. The molecule has 2 aromatic rings. The molecule has 0 amide bonds. The van der Waals surface area contributed by atoms with E-state index in [1.54, 1.807) is 0 Å². The molecule has 1 aromatic carbocycles. The summed E-state index contributed by atoms with van der Waals surface area (Å²) in [6.45, 7) is 6.69. The number of H-pyrrole nitrogens is 1. The summed E-state index contributed by atoms with van der Waals surface area (Å²) in [6, 6.07) is 9.15. The fraction of sp³-hybridized carbons (Fsp3) is 0.579. The highest BCUT2D eigenvalue weighted by molar-refractivity contribution is 5.83. The first-order valence-corrected chi connectivity index (χ1v) is 8.58. The van der Waals surface area contributed by atoms with Gasteiger partial charge in [0.05, 0.1) is 6.10 Å². The quantitative estimate of drug-likeness (QED) is 0.906. The summed E-state index contributed by atoms with van der Waals surface area (Å²) in [4.78, 5) is 3.37. The van der Waals surface area contributed by atoms with Gasteiger partial charge in [0.15, 0.2) is 0 Å². The van der Waals surface area contributed by atoms with Gasteiger partial charge < -0.3 is 15.0 Å². The number of aromatic amines is 1. The zero-order valence-electron chi connectivity index (χ0n) is 13.6. The monoisotopic (exact) mass is 298 g/mol. The van der Waals surface area contributed by atoms with Crippen LogP contribution in [0.25, 0.3) is 10.9 Å². The third-order valence-corrected chi connectivity index (χ3v) is 5.76. The normalized spacial score (nSPS) is 30.0. The van der Waals surface area contributed by atoms with Gasteiger partial charge in [-0.1, -0.05) is 32.0 Å². The fourth-order valence-electron chi connectivity index (χ4n) is 4.64. The SMILES string of the molecule is CC1(C)[C@H](NCCc2c[nH]c3ccccc23)[C@@H]2CCCO[C@H]21. The number of hydrogen-bond acceptors (Lipinski definition) is 2. The van der Waals surface area contributed by atoms with Crippen molar-refractivity contribution in [2.45, 2.75) is 45.3 Å². The van der Waals surface area contributed by atoms with Gasteiger partial charge in [-0.15, -0.1) is 0 Å². The molecule has 0 bridgehead atoms. The highest BCUT2D eigenvalue weighted by Crippen LogP contribution is 2.51. The second-order valence-electron chi connectivity index (χ2n) is 7.46. The Morgan fingerprint density at radius 2 is 2.18 bits per heavy atom. The molecule has 0 unspecified atom stereocenters. The molecule has 1 aliphatic heterocycles. The van der Waals surface area contributed by atoms with Gasteiger partial charge in [0.2, 0.25) is 0 Å². The number of rotatable bonds is 4. The van der Waals surface area contributed by atoms with Crippen LogP contribution in [0.2, 0.25) is 0 Å². The second-order valence-corrected chi connectivity index (χ2v) is 7.46. The molecule has 3 atom stereocenters. The number of fused-ring (bicyclic) bond motifs is 2. The predicted molar refractivity (Wildman–Crippen MR) is 90.0 cm³/mol. The van der Waals surface area contributed by atoms with Crippen LogP contribution in [0.3, 0.4) is 0 Å². The molecule has 118 valence electrons. The number of hydrogen-bond donors (Lipinski definition) is 2. The lowest BCUT2D eigenvalue weighted by Gasteiger charge is -2.60. The van der Waals surface area contributed by atoms with Crippen LogP contribution in [0.15, 0.2) is 30.5 Å². The minimum atomic E-state index is 0.269. The molecular formula is C19H26N2O. The van der Waals surface area contributed by atoms with Crippen LogP contribution in [-0.4, -0.2) is 30.3 Å². The van der Waals surface area contributed by atoms with Gasteiger partial charge in [0.25, 0.3) is 0 Å². The minimum Gasteiger partial charge on any atom is -0.377 e. The van der Waals surface area contributed by atoms with Gasteiger partial charge in [-0.3, -0.25) is 0 Å². The largest absolute Gasteiger partial charge is 0.377 e. The van der Waals surface area contributed by atoms with Crippen LogP contribution in [0, 0.1) is 11.3 Å². The van der Waals surface area contributed by atoms with E-state index in [1.165, 1.54) is 29.3 Å². The van der Waals surface area contributed by atoms with Gasteiger partial charge in [-0.2, -0.15) is 0 Å². The maximum Gasteiger partial charge on any atom is 0.0684 e. The zero-order valence-corrected chi connectivity index (χ0v) is 13.6. The number of benzene rings is 1. The van der Waals surface area contributed by atoms with E-state index in [-0.39, 0.29) is 5.41 Å². The Bertz CT molecular complexity index is 660. The summed E-state index contributed by atoms with van der Waals surface area (Å²) < 4.78 is 5.99. The Morgan fingerprint density at radius 3 is 3.09 bits per heavy atom. The van der Waals surface area contributed by atoms with Crippen molar-refractivity contribution in [3.63, 3.8) is 0 Å². The predicted octanol–water partition coefficient (Wildman–Crippen LogP) is 3.50. The molecule has 2 fully saturated rings. The van der Waals surface area contributed by atoms with Crippen molar-refractivity contribution in [1.82, 2.24) is 10.3 Å². The van der Waals surface area contributed by atoms with Crippen molar-refractivity contribution in [3.8, 4) is 0 Å². The summed E-state index contributed by atoms with van der Waals surface area (Å²) in [5, 5.41) is 5.18. The molecule has 1 aliphatic carbocycles. The van der Waals surface area contributed by atoms with Crippen molar-refractivity contribution in [2.75, 3.05) is 13.2 Å². The van der Waals surface area contributed by atoms with E-state index >= 15 is 0 Å². The first-order valence-electron chi connectivity index (χ1n) is 8.58. The molecule has 2 heterocycles. The van der Waals surface area contributed by atoms with Crippen molar-refractivity contribution >= 4 is 10.9 Å². The van der Waals surface area contributed by atoms with Crippen LogP contribution in [0.5, 0.6) is 0 Å². The van der Waals surface area contributed by atoms with Crippen LogP contribution in [0.1, 0.15) is 32.3 Å². The summed E-state index contributed by atoms with van der Waals surface area (Å²) >= 11 is 0. The highest BCUT2D eigenvalue weighted by Gasteiger charge is 2.57. The number of para-hydroxylation sites is 1. The number of ether oxygens (including phenoxy) is 1. The van der Waals surface area contributed by atoms with E-state index in [0.717, 1.165) is 19.6 Å².